The van der Waals surface area contributed by atoms with Crippen LogP contribution in [0.4, 0.5) is 0 Å². The minimum Gasteiger partial charge on any atom is -0.388 e. The summed E-state index contributed by atoms with van der Waals surface area (Å²) in [6.45, 7) is 8.39. The van der Waals surface area contributed by atoms with Crippen molar-refractivity contribution in [1.29, 1.82) is 0 Å². The minimum absolute atomic E-state index is 0.323. The quantitative estimate of drug-likeness (QED) is 0.861. The molecule has 0 fully saturated rings. The molecular formula is C14H21BrO. The van der Waals surface area contributed by atoms with Gasteiger partial charge in [0.15, 0.2) is 0 Å². The van der Waals surface area contributed by atoms with Crippen molar-refractivity contribution in [3.05, 3.63) is 33.3 Å². The van der Waals surface area contributed by atoms with E-state index in [0.29, 0.717) is 5.92 Å². The molecule has 1 nitrogen and oxygen atoms in total. The topological polar surface area (TPSA) is 20.2 Å². The van der Waals surface area contributed by atoms with E-state index in [-0.39, 0.29) is 6.10 Å². The molecule has 16 heavy (non-hydrogen) atoms. The van der Waals surface area contributed by atoms with Crippen LogP contribution >= 0.6 is 15.9 Å². The van der Waals surface area contributed by atoms with Gasteiger partial charge in [-0.1, -0.05) is 42.3 Å². The first-order valence-electron chi connectivity index (χ1n) is 5.92. The van der Waals surface area contributed by atoms with Crippen molar-refractivity contribution in [2.45, 2.75) is 46.6 Å². The summed E-state index contributed by atoms with van der Waals surface area (Å²) in [5.41, 5.74) is 3.41. The van der Waals surface area contributed by atoms with Crippen molar-refractivity contribution in [1.82, 2.24) is 0 Å². The Morgan fingerprint density at radius 2 is 1.88 bits per heavy atom. The molecule has 0 radical (unpaired) electrons. The normalized spacial score (nSPS) is 14.9. The molecule has 0 aliphatic heterocycles. The van der Waals surface area contributed by atoms with Gasteiger partial charge in [-0.2, -0.15) is 0 Å². The molecule has 0 bridgehead atoms. The molecule has 2 atom stereocenters. The van der Waals surface area contributed by atoms with Crippen molar-refractivity contribution in [2.24, 2.45) is 5.92 Å². The molecule has 0 aromatic heterocycles. The van der Waals surface area contributed by atoms with Gasteiger partial charge in [-0.25, -0.2) is 0 Å². The molecule has 0 amide bonds. The number of rotatable bonds is 4. The fraction of sp³-hybridized carbons (Fsp3) is 0.571. The maximum absolute atomic E-state index is 10.3. The Labute approximate surface area is 107 Å². The highest BCUT2D eigenvalue weighted by molar-refractivity contribution is 9.10. The Morgan fingerprint density at radius 1 is 1.25 bits per heavy atom. The molecule has 0 heterocycles. The largest absolute Gasteiger partial charge is 0.388 e. The van der Waals surface area contributed by atoms with Gasteiger partial charge in [-0.05, 0) is 48.9 Å². The first-order chi connectivity index (χ1) is 7.47. The predicted octanol–water partition coefficient (Wildman–Crippen LogP) is 4.54. The van der Waals surface area contributed by atoms with Crippen LogP contribution in [0.3, 0.4) is 0 Å². The van der Waals surface area contributed by atoms with E-state index >= 15 is 0 Å². The Kier molecular flexibility index (Phi) is 5.00. The van der Waals surface area contributed by atoms with E-state index in [1.54, 1.807) is 0 Å². The zero-order chi connectivity index (χ0) is 12.3. The summed E-state index contributed by atoms with van der Waals surface area (Å²) in [5, 5.41) is 10.3. The molecule has 2 heteroatoms. The van der Waals surface area contributed by atoms with E-state index in [0.717, 1.165) is 28.4 Å². The summed E-state index contributed by atoms with van der Waals surface area (Å²) in [6, 6.07) is 4.18. The molecular weight excluding hydrogens is 264 g/mol. The van der Waals surface area contributed by atoms with Gasteiger partial charge in [0.2, 0.25) is 0 Å². The fourth-order valence-electron chi connectivity index (χ4n) is 2.04. The van der Waals surface area contributed by atoms with Crippen molar-refractivity contribution < 1.29 is 5.11 Å². The zero-order valence-electron chi connectivity index (χ0n) is 10.5. The Balaban J connectivity index is 2.99. The number of hydrogen-bond acceptors (Lipinski definition) is 1. The van der Waals surface area contributed by atoms with Gasteiger partial charge in [0.25, 0.3) is 0 Å². The third kappa shape index (κ3) is 3.08. The molecule has 0 saturated heterocycles. The molecule has 1 aromatic rings. The average Bonchev–Trinajstić information content (AvgIpc) is 2.23. The van der Waals surface area contributed by atoms with Crippen LogP contribution in [0.5, 0.6) is 0 Å². The van der Waals surface area contributed by atoms with Crippen LogP contribution < -0.4 is 0 Å². The first-order valence-corrected chi connectivity index (χ1v) is 6.71. The van der Waals surface area contributed by atoms with E-state index in [1.165, 1.54) is 5.56 Å². The molecule has 2 unspecified atom stereocenters. The number of hydrogen-bond donors (Lipinski definition) is 1. The zero-order valence-corrected chi connectivity index (χ0v) is 12.1. The summed E-state index contributed by atoms with van der Waals surface area (Å²) in [5.74, 6) is 0.323. The van der Waals surface area contributed by atoms with Gasteiger partial charge in [0, 0.05) is 4.47 Å². The highest BCUT2D eigenvalue weighted by Crippen LogP contribution is 2.31. The van der Waals surface area contributed by atoms with Crippen LogP contribution in [0.2, 0.25) is 0 Å². The van der Waals surface area contributed by atoms with Gasteiger partial charge in [-0.3, -0.25) is 0 Å². The molecule has 1 rings (SSSR count). The smallest absolute Gasteiger partial charge is 0.0818 e. The SMILES string of the molecule is CCCC(C)C(O)c1cc(C)c(Br)cc1C. The Hall–Kier alpha value is -0.340. The fourth-order valence-corrected chi connectivity index (χ4v) is 2.50. The lowest BCUT2D eigenvalue weighted by molar-refractivity contribution is 0.111. The summed E-state index contributed by atoms with van der Waals surface area (Å²) >= 11 is 3.52. The molecule has 1 N–H and O–H groups in total. The lowest BCUT2D eigenvalue weighted by atomic mass is 9.90. The maximum atomic E-state index is 10.3. The van der Waals surface area contributed by atoms with Gasteiger partial charge in [-0.15, -0.1) is 0 Å². The number of aliphatic hydroxyl groups excluding tert-OH is 1. The molecule has 0 aliphatic carbocycles. The van der Waals surface area contributed by atoms with Crippen molar-refractivity contribution >= 4 is 15.9 Å². The van der Waals surface area contributed by atoms with Crippen LogP contribution in [0.25, 0.3) is 0 Å². The number of halogens is 1. The van der Waals surface area contributed by atoms with Crippen LogP contribution in [-0.4, -0.2) is 5.11 Å². The van der Waals surface area contributed by atoms with Gasteiger partial charge < -0.3 is 5.11 Å². The van der Waals surface area contributed by atoms with Crippen LogP contribution in [0, 0.1) is 19.8 Å². The summed E-state index contributed by atoms with van der Waals surface area (Å²) in [6.07, 6.45) is 1.84. The van der Waals surface area contributed by atoms with Crippen molar-refractivity contribution in [2.75, 3.05) is 0 Å². The van der Waals surface area contributed by atoms with Crippen molar-refractivity contribution in [3.8, 4) is 0 Å². The second-order valence-electron chi connectivity index (χ2n) is 4.67. The van der Waals surface area contributed by atoms with Gasteiger partial charge in [0.1, 0.15) is 0 Å². The van der Waals surface area contributed by atoms with Crippen molar-refractivity contribution in [3.63, 3.8) is 0 Å². The van der Waals surface area contributed by atoms with Gasteiger partial charge in [0.05, 0.1) is 6.10 Å². The third-order valence-electron chi connectivity index (χ3n) is 3.15. The second-order valence-corrected chi connectivity index (χ2v) is 5.52. The third-order valence-corrected chi connectivity index (χ3v) is 4.00. The molecule has 0 saturated carbocycles. The summed E-state index contributed by atoms with van der Waals surface area (Å²) in [7, 11) is 0. The summed E-state index contributed by atoms with van der Waals surface area (Å²) in [4.78, 5) is 0. The Morgan fingerprint density at radius 3 is 2.44 bits per heavy atom. The number of aryl methyl sites for hydroxylation is 2. The first kappa shape index (κ1) is 13.7. The average molecular weight is 285 g/mol. The van der Waals surface area contributed by atoms with Crippen LogP contribution in [-0.2, 0) is 0 Å². The highest BCUT2D eigenvalue weighted by Gasteiger charge is 2.18. The predicted molar refractivity (Wildman–Crippen MR) is 72.6 cm³/mol. The van der Waals surface area contributed by atoms with E-state index in [4.69, 9.17) is 0 Å². The van der Waals surface area contributed by atoms with Crippen LogP contribution in [0.1, 0.15) is 49.5 Å². The van der Waals surface area contributed by atoms with Crippen LogP contribution in [0.15, 0.2) is 16.6 Å². The molecule has 0 spiro atoms. The highest BCUT2D eigenvalue weighted by atomic mass is 79.9. The maximum Gasteiger partial charge on any atom is 0.0818 e. The standard InChI is InChI=1S/C14H21BrO/c1-5-6-9(2)14(16)12-7-11(4)13(15)8-10(12)3/h7-9,14,16H,5-6H2,1-4H3. The molecule has 1 aromatic carbocycles. The lowest BCUT2D eigenvalue weighted by Crippen LogP contribution is -2.10. The Bertz CT molecular complexity index is 360. The summed E-state index contributed by atoms with van der Waals surface area (Å²) < 4.78 is 1.11. The minimum atomic E-state index is -0.341. The van der Waals surface area contributed by atoms with E-state index < -0.39 is 0 Å². The lowest BCUT2D eigenvalue weighted by Gasteiger charge is -2.21. The molecule has 0 aliphatic rings. The molecule has 90 valence electrons. The number of aliphatic hydroxyl groups is 1. The van der Waals surface area contributed by atoms with E-state index in [2.05, 4.69) is 55.8 Å². The van der Waals surface area contributed by atoms with Gasteiger partial charge >= 0.3 is 0 Å². The monoisotopic (exact) mass is 284 g/mol. The van der Waals surface area contributed by atoms with E-state index in [9.17, 15) is 5.11 Å². The van der Waals surface area contributed by atoms with E-state index in [1.807, 2.05) is 0 Å². The number of benzene rings is 1. The second kappa shape index (κ2) is 5.83.